The van der Waals surface area contributed by atoms with E-state index in [1.807, 2.05) is 13.0 Å². The summed E-state index contributed by atoms with van der Waals surface area (Å²) in [5.41, 5.74) is 0.955. The Bertz CT molecular complexity index is 882. The van der Waals surface area contributed by atoms with Gasteiger partial charge in [0.15, 0.2) is 0 Å². The van der Waals surface area contributed by atoms with Gasteiger partial charge in [-0.1, -0.05) is 12.1 Å². The maximum atomic E-state index is 12.4. The Balaban J connectivity index is 2.31. The minimum absolute atomic E-state index is 0.00472. The van der Waals surface area contributed by atoms with Crippen LogP contribution >= 0.6 is 15.9 Å². The van der Waals surface area contributed by atoms with Gasteiger partial charge in [0.25, 0.3) is 5.91 Å². The fourth-order valence-electron chi connectivity index (χ4n) is 1.89. The molecule has 1 aromatic carbocycles. The number of aryl methyl sites for hydroxylation is 1. The van der Waals surface area contributed by atoms with E-state index < -0.39 is 15.9 Å². The van der Waals surface area contributed by atoms with Crippen LogP contribution in [0.5, 0.6) is 0 Å². The standard InChI is InChI=1S/C16H16BrN3O3S/c1-3-9-18-24(22,23)12-7-8-14(17)13(10-12)16(21)20-15-6-4-5-11(2)19-15/h3-8,10,18H,1,9H2,2H3,(H,19,20,21). The maximum absolute atomic E-state index is 12.4. The van der Waals surface area contributed by atoms with Crippen molar-refractivity contribution in [1.29, 1.82) is 0 Å². The first-order chi connectivity index (χ1) is 11.3. The van der Waals surface area contributed by atoms with E-state index in [0.29, 0.717) is 10.3 Å². The predicted molar refractivity (Wildman–Crippen MR) is 96.5 cm³/mol. The summed E-state index contributed by atoms with van der Waals surface area (Å²) in [6.45, 7) is 5.38. The number of aromatic nitrogens is 1. The van der Waals surface area contributed by atoms with Gasteiger partial charge < -0.3 is 5.32 Å². The monoisotopic (exact) mass is 409 g/mol. The van der Waals surface area contributed by atoms with Crippen LogP contribution in [0.3, 0.4) is 0 Å². The number of nitrogens with one attached hydrogen (secondary N) is 2. The van der Waals surface area contributed by atoms with Crippen molar-refractivity contribution >= 4 is 37.7 Å². The van der Waals surface area contributed by atoms with Crippen LogP contribution in [-0.4, -0.2) is 25.9 Å². The topological polar surface area (TPSA) is 88.2 Å². The van der Waals surface area contributed by atoms with Crippen LogP contribution < -0.4 is 10.0 Å². The van der Waals surface area contributed by atoms with E-state index in [1.165, 1.54) is 24.3 Å². The van der Waals surface area contributed by atoms with Crippen molar-refractivity contribution in [2.75, 3.05) is 11.9 Å². The van der Waals surface area contributed by atoms with Crippen LogP contribution in [0.1, 0.15) is 16.1 Å². The number of carbonyl (C=O) groups excluding carboxylic acids is 1. The lowest BCUT2D eigenvalue weighted by Gasteiger charge is -2.10. The van der Waals surface area contributed by atoms with Crippen molar-refractivity contribution in [2.24, 2.45) is 0 Å². The lowest BCUT2D eigenvalue weighted by atomic mass is 10.2. The molecule has 0 fully saturated rings. The third kappa shape index (κ3) is 4.50. The molecule has 126 valence electrons. The molecule has 2 N–H and O–H groups in total. The zero-order valence-electron chi connectivity index (χ0n) is 12.9. The smallest absolute Gasteiger partial charge is 0.258 e. The van der Waals surface area contributed by atoms with Gasteiger partial charge in [0, 0.05) is 16.7 Å². The second-order valence-corrected chi connectivity index (χ2v) is 7.52. The molecule has 0 aliphatic rings. The number of rotatable bonds is 6. The Hall–Kier alpha value is -2.03. The van der Waals surface area contributed by atoms with Gasteiger partial charge in [-0.15, -0.1) is 6.58 Å². The van der Waals surface area contributed by atoms with E-state index >= 15 is 0 Å². The van der Waals surface area contributed by atoms with Crippen LogP contribution in [0.25, 0.3) is 0 Å². The molecule has 24 heavy (non-hydrogen) atoms. The largest absolute Gasteiger partial charge is 0.307 e. The fraction of sp³-hybridized carbons (Fsp3) is 0.125. The summed E-state index contributed by atoms with van der Waals surface area (Å²) in [5, 5.41) is 2.65. The van der Waals surface area contributed by atoms with E-state index in [4.69, 9.17) is 0 Å². The van der Waals surface area contributed by atoms with Crippen molar-refractivity contribution < 1.29 is 13.2 Å². The summed E-state index contributed by atoms with van der Waals surface area (Å²) in [7, 11) is -3.71. The number of nitrogens with zero attached hydrogens (tertiary/aromatic N) is 1. The van der Waals surface area contributed by atoms with Gasteiger partial charge >= 0.3 is 0 Å². The first-order valence-electron chi connectivity index (χ1n) is 6.98. The SMILES string of the molecule is C=CCNS(=O)(=O)c1ccc(Br)c(C(=O)Nc2cccc(C)n2)c1. The molecule has 8 heteroatoms. The van der Waals surface area contributed by atoms with E-state index in [-0.39, 0.29) is 17.0 Å². The second-order valence-electron chi connectivity index (χ2n) is 4.90. The molecule has 1 aromatic heterocycles. The number of benzene rings is 1. The highest BCUT2D eigenvalue weighted by Gasteiger charge is 2.18. The lowest BCUT2D eigenvalue weighted by Crippen LogP contribution is -2.24. The Morgan fingerprint density at radius 1 is 1.33 bits per heavy atom. The summed E-state index contributed by atoms with van der Waals surface area (Å²) in [6.07, 6.45) is 1.44. The number of hydrogen-bond acceptors (Lipinski definition) is 4. The second kappa shape index (κ2) is 7.69. The highest BCUT2D eigenvalue weighted by molar-refractivity contribution is 9.10. The van der Waals surface area contributed by atoms with Crippen LogP contribution in [0.2, 0.25) is 0 Å². The fourth-order valence-corrected chi connectivity index (χ4v) is 3.34. The minimum Gasteiger partial charge on any atom is -0.307 e. The lowest BCUT2D eigenvalue weighted by molar-refractivity contribution is 0.102. The highest BCUT2D eigenvalue weighted by atomic mass is 79.9. The van der Waals surface area contributed by atoms with Crippen molar-refractivity contribution in [3.63, 3.8) is 0 Å². The van der Waals surface area contributed by atoms with E-state index in [0.717, 1.165) is 5.69 Å². The predicted octanol–water partition coefficient (Wildman–Crippen LogP) is 2.87. The maximum Gasteiger partial charge on any atom is 0.258 e. The number of halogens is 1. The normalized spacial score (nSPS) is 11.1. The molecule has 1 heterocycles. The molecule has 0 saturated heterocycles. The molecular formula is C16H16BrN3O3S. The number of amides is 1. The van der Waals surface area contributed by atoms with E-state index in [9.17, 15) is 13.2 Å². The van der Waals surface area contributed by atoms with Crippen LogP contribution in [-0.2, 0) is 10.0 Å². The summed E-state index contributed by atoms with van der Waals surface area (Å²) in [6, 6.07) is 9.47. The van der Waals surface area contributed by atoms with Crippen molar-refractivity contribution in [3.05, 3.63) is 64.8 Å². The quantitative estimate of drug-likeness (QED) is 0.717. The van der Waals surface area contributed by atoms with Crippen molar-refractivity contribution in [3.8, 4) is 0 Å². The van der Waals surface area contributed by atoms with Crippen molar-refractivity contribution in [2.45, 2.75) is 11.8 Å². The summed E-state index contributed by atoms with van der Waals surface area (Å²) in [4.78, 5) is 16.6. The van der Waals surface area contributed by atoms with Gasteiger partial charge in [-0.25, -0.2) is 18.1 Å². The molecule has 1 amide bonds. The average Bonchev–Trinajstić information content (AvgIpc) is 2.53. The molecule has 0 radical (unpaired) electrons. The third-order valence-electron chi connectivity index (χ3n) is 3.04. The number of anilines is 1. The number of hydrogen-bond donors (Lipinski definition) is 2. The summed E-state index contributed by atoms with van der Waals surface area (Å²) in [5.74, 6) is -0.0642. The van der Waals surface area contributed by atoms with Gasteiger partial charge in [0.1, 0.15) is 5.82 Å². The van der Waals surface area contributed by atoms with Gasteiger partial charge in [0.05, 0.1) is 10.5 Å². The molecule has 0 bridgehead atoms. The molecule has 0 spiro atoms. The van der Waals surface area contributed by atoms with Crippen LogP contribution in [0.4, 0.5) is 5.82 Å². The molecule has 0 unspecified atom stereocenters. The van der Waals surface area contributed by atoms with Gasteiger partial charge in [0.2, 0.25) is 10.0 Å². The first kappa shape index (κ1) is 18.3. The Kier molecular flexibility index (Phi) is 5.87. The molecule has 6 nitrogen and oxygen atoms in total. The Morgan fingerprint density at radius 2 is 2.08 bits per heavy atom. The number of pyridine rings is 1. The summed E-state index contributed by atoms with van der Waals surface area (Å²) < 4.78 is 27.2. The number of carbonyl (C=O) groups is 1. The first-order valence-corrected chi connectivity index (χ1v) is 9.26. The Labute approximate surface area is 149 Å². The van der Waals surface area contributed by atoms with E-state index in [2.05, 4.69) is 37.5 Å². The van der Waals surface area contributed by atoms with Gasteiger partial charge in [-0.05, 0) is 53.2 Å². The molecule has 0 aliphatic carbocycles. The molecule has 0 aliphatic heterocycles. The molecular weight excluding hydrogens is 394 g/mol. The minimum atomic E-state index is -3.71. The molecule has 2 rings (SSSR count). The Morgan fingerprint density at radius 3 is 2.75 bits per heavy atom. The molecule has 2 aromatic rings. The van der Waals surface area contributed by atoms with Crippen LogP contribution in [0, 0.1) is 6.92 Å². The van der Waals surface area contributed by atoms with Crippen LogP contribution in [0.15, 0.2) is 58.4 Å². The number of sulfonamides is 1. The van der Waals surface area contributed by atoms with E-state index in [1.54, 1.807) is 12.1 Å². The summed E-state index contributed by atoms with van der Waals surface area (Å²) >= 11 is 3.27. The van der Waals surface area contributed by atoms with Gasteiger partial charge in [-0.2, -0.15) is 0 Å². The molecule has 0 saturated carbocycles. The zero-order valence-corrected chi connectivity index (χ0v) is 15.3. The van der Waals surface area contributed by atoms with Gasteiger partial charge in [-0.3, -0.25) is 4.79 Å². The molecule has 0 atom stereocenters. The zero-order chi connectivity index (χ0) is 17.7. The third-order valence-corrected chi connectivity index (χ3v) is 5.15. The highest BCUT2D eigenvalue weighted by Crippen LogP contribution is 2.22. The van der Waals surface area contributed by atoms with Crippen molar-refractivity contribution in [1.82, 2.24) is 9.71 Å². The average molecular weight is 410 g/mol.